The Hall–Kier alpha value is -1.95. The highest BCUT2D eigenvalue weighted by atomic mass is 32.1. The molecule has 1 saturated carbocycles. The molecule has 2 aromatic rings. The molecule has 2 atom stereocenters. The van der Waals surface area contributed by atoms with Crippen LogP contribution in [0.15, 0.2) is 36.1 Å². The summed E-state index contributed by atoms with van der Waals surface area (Å²) in [5.41, 5.74) is 1.03. The van der Waals surface area contributed by atoms with Crippen LogP contribution in [0.1, 0.15) is 42.4 Å². The molecule has 0 radical (unpaired) electrons. The lowest BCUT2D eigenvalue weighted by Gasteiger charge is -2.27. The second-order valence-electron chi connectivity index (χ2n) is 5.71. The number of nitrogens with zero attached hydrogens (tertiary/aromatic N) is 3. The highest BCUT2D eigenvalue weighted by molar-refractivity contribution is 7.09. The molecule has 0 spiro atoms. The van der Waals surface area contributed by atoms with Gasteiger partial charge in [0.1, 0.15) is 5.01 Å². The highest BCUT2D eigenvalue weighted by Gasteiger charge is 2.35. The third-order valence-electron chi connectivity index (χ3n) is 4.16. The Balaban J connectivity index is 1.67. The third-order valence-corrected chi connectivity index (χ3v) is 5.02. The average Bonchev–Trinajstić information content (AvgIpc) is 3.25. The SMILES string of the molecule is C[C@@H](c1cccnc1)N(C)C(=O)N[C@@H](c1nccs1)C1CC1. The van der Waals surface area contributed by atoms with Crippen LogP contribution < -0.4 is 5.32 Å². The Kier molecular flexibility index (Phi) is 4.38. The summed E-state index contributed by atoms with van der Waals surface area (Å²) in [6, 6.07) is 3.82. The molecule has 0 unspecified atom stereocenters. The summed E-state index contributed by atoms with van der Waals surface area (Å²) in [6.07, 6.45) is 7.65. The monoisotopic (exact) mass is 316 g/mol. The zero-order chi connectivity index (χ0) is 15.5. The summed E-state index contributed by atoms with van der Waals surface area (Å²) in [4.78, 5) is 22.8. The van der Waals surface area contributed by atoms with E-state index >= 15 is 0 Å². The Morgan fingerprint density at radius 1 is 1.45 bits per heavy atom. The van der Waals surface area contributed by atoms with Crippen LogP contribution in [0.3, 0.4) is 0 Å². The number of amides is 2. The summed E-state index contributed by atoms with van der Waals surface area (Å²) in [6.45, 7) is 2.01. The van der Waals surface area contributed by atoms with Gasteiger partial charge in [-0.3, -0.25) is 4.98 Å². The van der Waals surface area contributed by atoms with E-state index in [-0.39, 0.29) is 18.1 Å². The van der Waals surface area contributed by atoms with Gasteiger partial charge in [-0.05, 0) is 37.3 Å². The minimum Gasteiger partial charge on any atom is -0.328 e. The molecule has 6 heteroatoms. The van der Waals surface area contributed by atoms with Crippen LogP contribution in [0.25, 0.3) is 0 Å². The van der Waals surface area contributed by atoms with Gasteiger partial charge >= 0.3 is 6.03 Å². The fraction of sp³-hybridized carbons (Fsp3) is 0.438. The van der Waals surface area contributed by atoms with Crippen LogP contribution in [0.5, 0.6) is 0 Å². The Labute approximate surface area is 134 Å². The fourth-order valence-corrected chi connectivity index (χ4v) is 3.24. The van der Waals surface area contributed by atoms with Crippen LogP contribution in [0.2, 0.25) is 0 Å². The van der Waals surface area contributed by atoms with Gasteiger partial charge in [0, 0.05) is 31.0 Å². The first-order chi connectivity index (χ1) is 10.7. The van der Waals surface area contributed by atoms with E-state index in [9.17, 15) is 4.79 Å². The normalized spacial score (nSPS) is 16.8. The highest BCUT2D eigenvalue weighted by Crippen LogP contribution is 2.41. The van der Waals surface area contributed by atoms with Crippen molar-refractivity contribution in [3.05, 3.63) is 46.7 Å². The number of urea groups is 1. The van der Waals surface area contributed by atoms with Crippen molar-refractivity contribution >= 4 is 17.4 Å². The number of thiazole rings is 1. The van der Waals surface area contributed by atoms with Gasteiger partial charge in [0.15, 0.2) is 0 Å². The maximum Gasteiger partial charge on any atom is 0.318 e. The maximum atomic E-state index is 12.6. The van der Waals surface area contributed by atoms with E-state index in [0.717, 1.165) is 23.4 Å². The van der Waals surface area contributed by atoms with Crippen LogP contribution >= 0.6 is 11.3 Å². The second kappa shape index (κ2) is 6.44. The summed E-state index contributed by atoms with van der Waals surface area (Å²) < 4.78 is 0. The van der Waals surface area contributed by atoms with Gasteiger partial charge in [-0.2, -0.15) is 0 Å². The molecule has 5 nitrogen and oxygen atoms in total. The van der Waals surface area contributed by atoms with E-state index in [0.29, 0.717) is 5.92 Å². The molecule has 0 saturated heterocycles. The quantitative estimate of drug-likeness (QED) is 0.920. The number of nitrogens with one attached hydrogen (secondary N) is 1. The Morgan fingerprint density at radius 2 is 2.27 bits per heavy atom. The molecule has 116 valence electrons. The van der Waals surface area contributed by atoms with E-state index in [1.54, 1.807) is 34.8 Å². The van der Waals surface area contributed by atoms with E-state index in [2.05, 4.69) is 15.3 Å². The summed E-state index contributed by atoms with van der Waals surface area (Å²) in [5, 5.41) is 6.10. The summed E-state index contributed by atoms with van der Waals surface area (Å²) in [7, 11) is 1.82. The maximum absolute atomic E-state index is 12.6. The largest absolute Gasteiger partial charge is 0.328 e. The fourth-order valence-electron chi connectivity index (χ4n) is 2.46. The lowest BCUT2D eigenvalue weighted by molar-refractivity contribution is 0.188. The van der Waals surface area contributed by atoms with Gasteiger partial charge in [-0.15, -0.1) is 11.3 Å². The molecule has 1 fully saturated rings. The number of pyridine rings is 1. The van der Waals surface area contributed by atoms with Crippen LogP contribution in [-0.4, -0.2) is 27.9 Å². The molecule has 1 N–H and O–H groups in total. The van der Waals surface area contributed by atoms with Gasteiger partial charge in [0.05, 0.1) is 12.1 Å². The molecule has 0 aromatic carbocycles. The first-order valence-corrected chi connectivity index (χ1v) is 8.37. The molecule has 0 aliphatic heterocycles. The van der Waals surface area contributed by atoms with E-state index in [4.69, 9.17) is 0 Å². The first kappa shape index (κ1) is 15.0. The number of hydrogen-bond acceptors (Lipinski definition) is 4. The second-order valence-corrected chi connectivity index (χ2v) is 6.63. The first-order valence-electron chi connectivity index (χ1n) is 7.49. The topological polar surface area (TPSA) is 58.1 Å². The molecule has 3 rings (SSSR count). The zero-order valence-electron chi connectivity index (χ0n) is 12.8. The minimum absolute atomic E-state index is 0.0233. The van der Waals surface area contributed by atoms with Gasteiger partial charge in [0.2, 0.25) is 0 Å². The molecule has 2 heterocycles. The molecule has 1 aliphatic carbocycles. The molecule has 2 aromatic heterocycles. The number of carbonyl (C=O) groups is 1. The lowest BCUT2D eigenvalue weighted by atomic mass is 10.1. The van der Waals surface area contributed by atoms with Crippen molar-refractivity contribution in [3.63, 3.8) is 0 Å². The average molecular weight is 316 g/mol. The summed E-state index contributed by atoms with van der Waals surface area (Å²) in [5.74, 6) is 0.525. The number of hydrogen-bond donors (Lipinski definition) is 1. The van der Waals surface area contributed by atoms with E-state index < -0.39 is 0 Å². The van der Waals surface area contributed by atoms with E-state index in [1.807, 2.05) is 31.5 Å². The van der Waals surface area contributed by atoms with Crippen molar-refractivity contribution in [2.45, 2.75) is 31.8 Å². The van der Waals surface area contributed by atoms with Crippen LogP contribution in [0, 0.1) is 5.92 Å². The van der Waals surface area contributed by atoms with Crippen molar-refractivity contribution in [3.8, 4) is 0 Å². The third kappa shape index (κ3) is 3.27. The van der Waals surface area contributed by atoms with Gasteiger partial charge in [-0.25, -0.2) is 9.78 Å². The standard InChI is InChI=1S/C16H20N4OS/c1-11(13-4-3-7-17-10-13)20(2)16(21)19-14(12-5-6-12)15-18-8-9-22-15/h3-4,7-12,14H,5-6H2,1-2H3,(H,19,21)/t11-,14+/m0/s1. The predicted octanol–water partition coefficient (Wildman–Crippen LogP) is 3.39. The molecular weight excluding hydrogens is 296 g/mol. The molecule has 22 heavy (non-hydrogen) atoms. The van der Waals surface area contributed by atoms with Crippen molar-refractivity contribution in [2.24, 2.45) is 5.92 Å². The number of carbonyl (C=O) groups excluding carboxylic acids is 1. The molecule has 2 amide bonds. The number of rotatable bonds is 5. The zero-order valence-corrected chi connectivity index (χ0v) is 13.6. The molecule has 0 bridgehead atoms. The molecule has 1 aliphatic rings. The predicted molar refractivity (Wildman–Crippen MR) is 86.5 cm³/mol. The van der Waals surface area contributed by atoms with Crippen LogP contribution in [0.4, 0.5) is 4.79 Å². The van der Waals surface area contributed by atoms with Crippen molar-refractivity contribution in [2.75, 3.05) is 7.05 Å². The van der Waals surface area contributed by atoms with Gasteiger partial charge in [0.25, 0.3) is 0 Å². The van der Waals surface area contributed by atoms with Gasteiger partial charge in [-0.1, -0.05) is 6.07 Å². The molecular formula is C16H20N4OS. The van der Waals surface area contributed by atoms with Crippen LogP contribution in [-0.2, 0) is 0 Å². The summed E-state index contributed by atoms with van der Waals surface area (Å²) >= 11 is 1.60. The van der Waals surface area contributed by atoms with Crippen molar-refractivity contribution in [1.29, 1.82) is 0 Å². The van der Waals surface area contributed by atoms with E-state index in [1.165, 1.54) is 0 Å². The van der Waals surface area contributed by atoms with Crippen molar-refractivity contribution < 1.29 is 4.79 Å². The number of aromatic nitrogens is 2. The lowest BCUT2D eigenvalue weighted by Crippen LogP contribution is -2.41. The smallest absolute Gasteiger partial charge is 0.318 e. The Bertz CT molecular complexity index is 612. The Morgan fingerprint density at radius 3 is 2.86 bits per heavy atom. The van der Waals surface area contributed by atoms with Crippen molar-refractivity contribution in [1.82, 2.24) is 20.2 Å². The van der Waals surface area contributed by atoms with Gasteiger partial charge < -0.3 is 10.2 Å². The minimum atomic E-state index is -0.0662.